The van der Waals surface area contributed by atoms with Gasteiger partial charge in [-0.15, -0.1) is 11.8 Å². The van der Waals surface area contributed by atoms with Gasteiger partial charge in [-0.3, -0.25) is 9.47 Å². The van der Waals surface area contributed by atoms with E-state index in [4.69, 9.17) is 23.2 Å². The first-order valence-electron chi connectivity index (χ1n) is 11.7. The van der Waals surface area contributed by atoms with Crippen molar-refractivity contribution in [3.63, 3.8) is 0 Å². The van der Waals surface area contributed by atoms with Gasteiger partial charge >= 0.3 is 6.03 Å². The van der Waals surface area contributed by atoms with Gasteiger partial charge in [-0.2, -0.15) is 0 Å². The molecular weight excluding hydrogens is 511 g/mol. The third kappa shape index (κ3) is 5.47. The molecule has 0 bridgehead atoms. The summed E-state index contributed by atoms with van der Waals surface area (Å²) < 4.78 is 1.86. The molecule has 1 N–H and O–H groups in total. The van der Waals surface area contributed by atoms with Crippen LogP contribution in [0.25, 0.3) is 17.0 Å². The van der Waals surface area contributed by atoms with Crippen LogP contribution in [-0.2, 0) is 19.5 Å². The van der Waals surface area contributed by atoms with Gasteiger partial charge in [-0.05, 0) is 65.4 Å². The number of halogens is 2. The van der Waals surface area contributed by atoms with Gasteiger partial charge < -0.3 is 5.32 Å². The number of nitrogens with one attached hydrogen (secondary N) is 1. The minimum absolute atomic E-state index is 0.123. The van der Waals surface area contributed by atoms with E-state index in [-0.39, 0.29) is 6.03 Å². The van der Waals surface area contributed by atoms with Crippen molar-refractivity contribution in [2.75, 3.05) is 19.3 Å². The smallest absolute Gasteiger partial charge is 0.326 e. The Hall–Kier alpha value is -2.77. The van der Waals surface area contributed by atoms with Gasteiger partial charge in [0.15, 0.2) is 0 Å². The lowest BCUT2D eigenvalue weighted by Gasteiger charge is -2.27. The first kappa shape index (κ1) is 24.9. The summed E-state index contributed by atoms with van der Waals surface area (Å²) in [6, 6.07) is 17.7. The number of benzene rings is 2. The number of carbonyl (C=O) groups excluding carboxylic acids is 1. The number of amides is 1. The van der Waals surface area contributed by atoms with Gasteiger partial charge in [0, 0.05) is 59.8 Å². The van der Waals surface area contributed by atoms with Gasteiger partial charge in [-0.25, -0.2) is 9.78 Å². The maximum absolute atomic E-state index is 13.4. The molecule has 2 aromatic heterocycles. The van der Waals surface area contributed by atoms with E-state index in [1.54, 1.807) is 24.0 Å². The molecule has 0 atom stereocenters. The maximum Gasteiger partial charge on any atom is 0.326 e. The molecule has 5 rings (SSSR count). The van der Waals surface area contributed by atoms with Crippen molar-refractivity contribution in [3.8, 4) is 0 Å². The Morgan fingerprint density at radius 3 is 2.75 bits per heavy atom. The van der Waals surface area contributed by atoms with E-state index >= 15 is 0 Å². The van der Waals surface area contributed by atoms with Crippen LogP contribution >= 0.6 is 35.0 Å². The van der Waals surface area contributed by atoms with Gasteiger partial charge in [0.1, 0.15) is 5.15 Å². The molecule has 0 fully saturated rings. The third-order valence-corrected chi connectivity index (χ3v) is 7.60. The van der Waals surface area contributed by atoms with Crippen LogP contribution in [0.1, 0.15) is 22.4 Å². The molecule has 2 aromatic carbocycles. The number of nitrogens with zero attached hydrogens (tertiary/aromatic N) is 3. The summed E-state index contributed by atoms with van der Waals surface area (Å²) in [5.41, 5.74) is 5.31. The lowest BCUT2D eigenvalue weighted by atomic mass is 10.0. The molecule has 0 spiro atoms. The summed E-state index contributed by atoms with van der Waals surface area (Å²) in [6.45, 7) is 2.91. The first-order chi connectivity index (χ1) is 17.5. The summed E-state index contributed by atoms with van der Waals surface area (Å²) >= 11 is 13.7. The minimum Gasteiger partial charge on any atom is -0.333 e. The standard InChI is InChI=1S/C28H26Cl2N4OS/c1-36-22-8-9-25-23(16-22)24-18-33(13-2-3-19-4-6-21(29)7-5-19)14-11-26(24)34(25)28(35)32-17-20-10-12-31-27(30)15-20/h2-10,12,15-16H,11,13-14,17-18H2,1H3,(H,32,35)/b3-2+. The fraction of sp³-hybridized carbons (Fsp3) is 0.214. The van der Waals surface area contributed by atoms with E-state index in [2.05, 4.69) is 51.8 Å². The third-order valence-electron chi connectivity index (χ3n) is 6.42. The maximum atomic E-state index is 13.4. The first-order valence-corrected chi connectivity index (χ1v) is 13.7. The van der Waals surface area contributed by atoms with Gasteiger partial charge in [0.25, 0.3) is 0 Å². The molecule has 0 aliphatic carbocycles. The van der Waals surface area contributed by atoms with Crippen molar-refractivity contribution in [2.24, 2.45) is 0 Å². The Labute approximate surface area is 225 Å². The number of hydrogen-bond donors (Lipinski definition) is 1. The second-order valence-electron chi connectivity index (χ2n) is 8.73. The average Bonchev–Trinajstić information content (AvgIpc) is 3.21. The van der Waals surface area contributed by atoms with Crippen molar-refractivity contribution in [3.05, 3.63) is 99.4 Å². The van der Waals surface area contributed by atoms with E-state index in [1.165, 1.54) is 10.5 Å². The topological polar surface area (TPSA) is 50.2 Å². The number of fused-ring (bicyclic) bond motifs is 3. The zero-order valence-electron chi connectivity index (χ0n) is 19.9. The molecule has 5 nitrogen and oxygen atoms in total. The quantitative estimate of drug-likeness (QED) is 0.215. The van der Waals surface area contributed by atoms with E-state index in [0.717, 1.165) is 58.8 Å². The van der Waals surface area contributed by atoms with Crippen molar-refractivity contribution in [2.45, 2.75) is 24.4 Å². The summed E-state index contributed by atoms with van der Waals surface area (Å²) in [4.78, 5) is 21.0. The summed E-state index contributed by atoms with van der Waals surface area (Å²) in [5.74, 6) is 0. The van der Waals surface area contributed by atoms with E-state index in [1.807, 2.05) is 34.9 Å². The van der Waals surface area contributed by atoms with Crippen molar-refractivity contribution < 1.29 is 4.79 Å². The monoisotopic (exact) mass is 536 g/mol. The highest BCUT2D eigenvalue weighted by Gasteiger charge is 2.26. The molecule has 1 amide bonds. The van der Waals surface area contributed by atoms with Crippen LogP contribution < -0.4 is 5.32 Å². The second kappa shape index (κ2) is 11.1. The van der Waals surface area contributed by atoms with Crippen molar-refractivity contribution in [1.82, 2.24) is 19.8 Å². The zero-order valence-corrected chi connectivity index (χ0v) is 22.2. The fourth-order valence-corrected chi connectivity index (χ4v) is 5.39. The largest absolute Gasteiger partial charge is 0.333 e. The van der Waals surface area contributed by atoms with Crippen LogP contribution in [0.5, 0.6) is 0 Å². The highest BCUT2D eigenvalue weighted by Crippen LogP contribution is 2.33. The predicted molar refractivity (Wildman–Crippen MR) is 150 cm³/mol. The highest BCUT2D eigenvalue weighted by atomic mass is 35.5. The minimum atomic E-state index is -0.123. The summed E-state index contributed by atoms with van der Waals surface area (Å²) in [6.07, 6.45) is 8.84. The van der Waals surface area contributed by atoms with E-state index in [0.29, 0.717) is 11.7 Å². The predicted octanol–water partition coefficient (Wildman–Crippen LogP) is 6.89. The fourth-order valence-electron chi connectivity index (χ4n) is 4.63. The Morgan fingerprint density at radius 1 is 1.14 bits per heavy atom. The Bertz CT molecular complexity index is 1430. The van der Waals surface area contributed by atoms with Crippen LogP contribution in [0, 0.1) is 0 Å². The van der Waals surface area contributed by atoms with Crippen LogP contribution in [-0.4, -0.2) is 39.8 Å². The molecule has 0 saturated heterocycles. The van der Waals surface area contributed by atoms with Gasteiger partial charge in [-0.1, -0.05) is 47.5 Å². The van der Waals surface area contributed by atoms with Crippen LogP contribution in [0.15, 0.2) is 71.8 Å². The van der Waals surface area contributed by atoms with Crippen LogP contribution in [0.2, 0.25) is 10.2 Å². The molecule has 1 aliphatic rings. The molecule has 36 heavy (non-hydrogen) atoms. The lowest BCUT2D eigenvalue weighted by Crippen LogP contribution is -2.34. The van der Waals surface area contributed by atoms with Crippen molar-refractivity contribution >= 4 is 58.0 Å². The van der Waals surface area contributed by atoms with Gasteiger partial charge in [0.2, 0.25) is 0 Å². The molecule has 0 radical (unpaired) electrons. The number of hydrogen-bond acceptors (Lipinski definition) is 4. The molecular formula is C28H26Cl2N4OS. The molecule has 4 aromatic rings. The normalized spacial score (nSPS) is 13.9. The number of rotatable bonds is 6. The molecule has 1 aliphatic heterocycles. The molecule has 0 saturated carbocycles. The number of thioether (sulfide) groups is 1. The highest BCUT2D eigenvalue weighted by molar-refractivity contribution is 7.98. The number of carbonyl (C=O) groups is 1. The molecule has 0 unspecified atom stereocenters. The van der Waals surface area contributed by atoms with E-state index < -0.39 is 0 Å². The Kier molecular flexibility index (Phi) is 7.67. The van der Waals surface area contributed by atoms with Crippen LogP contribution in [0.3, 0.4) is 0 Å². The van der Waals surface area contributed by atoms with E-state index in [9.17, 15) is 4.79 Å². The Morgan fingerprint density at radius 2 is 1.97 bits per heavy atom. The average molecular weight is 538 g/mol. The summed E-state index contributed by atoms with van der Waals surface area (Å²) in [7, 11) is 0. The lowest BCUT2D eigenvalue weighted by molar-refractivity contribution is 0.240. The van der Waals surface area contributed by atoms with Gasteiger partial charge in [0.05, 0.1) is 5.52 Å². The molecule has 3 heterocycles. The molecule has 184 valence electrons. The Balaban J connectivity index is 1.38. The summed E-state index contributed by atoms with van der Waals surface area (Å²) in [5, 5.41) is 5.37. The van der Waals surface area contributed by atoms with Crippen molar-refractivity contribution in [1.29, 1.82) is 0 Å². The second-order valence-corrected chi connectivity index (χ2v) is 10.4. The number of pyridine rings is 1. The SMILES string of the molecule is CSc1ccc2c(c1)c1c(n2C(=O)NCc2ccnc(Cl)c2)CCN(C/C=C/c2ccc(Cl)cc2)C1. The van der Waals surface area contributed by atoms with Crippen LogP contribution in [0.4, 0.5) is 4.79 Å². The molecule has 8 heteroatoms. The number of aromatic nitrogens is 2. The zero-order chi connectivity index (χ0) is 25.1.